The van der Waals surface area contributed by atoms with Gasteiger partial charge in [-0.05, 0) is 61.2 Å². The number of anilines is 2. The first-order valence-corrected chi connectivity index (χ1v) is 15.4. The normalized spacial score (nSPS) is 12.1. The van der Waals surface area contributed by atoms with Crippen molar-refractivity contribution >= 4 is 17.7 Å². The molecule has 0 saturated carbocycles. The molecule has 1 N–H and O–H groups in total. The summed E-state index contributed by atoms with van der Waals surface area (Å²) in [7, 11) is 3.40. The van der Waals surface area contributed by atoms with E-state index >= 15 is 0 Å². The first-order chi connectivity index (χ1) is 24.3. The predicted molar refractivity (Wildman–Crippen MR) is 168 cm³/mol. The van der Waals surface area contributed by atoms with Crippen LogP contribution in [0.3, 0.4) is 0 Å². The number of carboxylic acid groups (broad SMARTS) is 1. The summed E-state index contributed by atoms with van der Waals surface area (Å²) in [6, 6.07) is 5.40. The summed E-state index contributed by atoms with van der Waals surface area (Å²) in [5.41, 5.74) is -4.29. The Kier molecular flexibility index (Phi) is 12.4. The molecule has 52 heavy (non-hydrogen) atoms. The van der Waals surface area contributed by atoms with E-state index in [-0.39, 0.29) is 85.9 Å². The fraction of sp³-hybridized carbons (Fsp3) is 0.364. The minimum Gasteiger partial charge on any atom is -0.490 e. The Balaban J connectivity index is 1.67. The van der Waals surface area contributed by atoms with Crippen molar-refractivity contribution in [3.63, 3.8) is 0 Å². The van der Waals surface area contributed by atoms with E-state index in [2.05, 4.69) is 19.9 Å². The van der Waals surface area contributed by atoms with Crippen molar-refractivity contribution in [1.82, 2.24) is 19.9 Å². The first kappa shape index (κ1) is 39.4. The van der Waals surface area contributed by atoms with Crippen LogP contribution in [0.1, 0.15) is 47.1 Å². The van der Waals surface area contributed by atoms with E-state index in [4.69, 9.17) is 14.6 Å². The molecule has 19 heteroatoms. The molecule has 2 aromatic carbocycles. The third-order valence-corrected chi connectivity index (χ3v) is 7.29. The zero-order valence-electron chi connectivity index (χ0n) is 27.5. The highest BCUT2D eigenvalue weighted by atomic mass is 19.4. The molecule has 10 nitrogen and oxygen atoms in total. The number of halogens is 9. The van der Waals surface area contributed by atoms with Crippen molar-refractivity contribution in [2.45, 2.75) is 50.8 Å². The largest absolute Gasteiger partial charge is 0.490 e. The molecule has 0 aliphatic carbocycles. The van der Waals surface area contributed by atoms with Crippen molar-refractivity contribution in [3.05, 3.63) is 89.0 Å². The lowest BCUT2D eigenvalue weighted by atomic mass is 10.0. The third kappa shape index (κ3) is 11.3. The van der Waals surface area contributed by atoms with E-state index in [0.29, 0.717) is 18.0 Å². The van der Waals surface area contributed by atoms with Gasteiger partial charge in [0.2, 0.25) is 11.8 Å². The number of benzene rings is 2. The van der Waals surface area contributed by atoms with Crippen molar-refractivity contribution in [2.24, 2.45) is 0 Å². The average Bonchev–Trinajstić information content (AvgIpc) is 3.06. The Hall–Kier alpha value is -5.36. The van der Waals surface area contributed by atoms with Crippen LogP contribution in [0.2, 0.25) is 0 Å². The molecule has 0 unspecified atom stereocenters. The highest BCUT2D eigenvalue weighted by Crippen LogP contribution is 2.38. The monoisotopic (exact) mass is 746 g/mol. The Morgan fingerprint density at radius 2 is 1.42 bits per heavy atom. The minimum absolute atomic E-state index is 0.00285. The zero-order chi connectivity index (χ0) is 38.3. The van der Waals surface area contributed by atoms with Gasteiger partial charge in [-0.15, -0.1) is 0 Å². The molecule has 0 amide bonds. The Bertz CT molecular complexity index is 1790. The van der Waals surface area contributed by atoms with Gasteiger partial charge in [-0.3, -0.25) is 4.79 Å². The van der Waals surface area contributed by atoms with Crippen LogP contribution in [0, 0.1) is 0 Å². The standard InChI is InChI=1S/C33H31F9N6O4/c1-47(2)27-15-28(46-19-45-27)52-26-8-7-22(31(34,35)36)13-21(26)18-48(30-43-16-25(17-44-30)51-10-4-6-29(49)50)9-3-5-20-11-23(32(37,38)39)14-24(12-20)33(40,41)42/h7-8,11-17,19H,3-6,9-10,18H2,1-2H3,(H,49,50). The summed E-state index contributed by atoms with van der Waals surface area (Å²) in [6.07, 6.45) is -11.6. The number of nitrogens with zero attached hydrogens (tertiary/aromatic N) is 6. The third-order valence-electron chi connectivity index (χ3n) is 7.29. The van der Waals surface area contributed by atoms with Crippen LogP contribution in [0.5, 0.6) is 17.4 Å². The average molecular weight is 747 g/mol. The van der Waals surface area contributed by atoms with Crippen LogP contribution < -0.4 is 19.3 Å². The number of ether oxygens (including phenoxy) is 2. The molecular weight excluding hydrogens is 715 g/mol. The second-order valence-electron chi connectivity index (χ2n) is 11.5. The van der Waals surface area contributed by atoms with Crippen molar-refractivity contribution < 1.29 is 58.9 Å². The van der Waals surface area contributed by atoms with Gasteiger partial charge in [0.25, 0.3) is 0 Å². The van der Waals surface area contributed by atoms with Gasteiger partial charge in [0.15, 0.2) is 5.75 Å². The van der Waals surface area contributed by atoms with Crippen LogP contribution in [0.15, 0.2) is 61.2 Å². The van der Waals surface area contributed by atoms with E-state index < -0.39 is 41.2 Å². The maximum atomic E-state index is 13.9. The van der Waals surface area contributed by atoms with Crippen molar-refractivity contribution in [3.8, 4) is 17.4 Å². The molecule has 0 spiro atoms. The topological polar surface area (TPSA) is 114 Å². The van der Waals surface area contributed by atoms with Crippen LogP contribution in [0.4, 0.5) is 51.3 Å². The van der Waals surface area contributed by atoms with Crippen LogP contribution >= 0.6 is 0 Å². The molecule has 0 aliphatic heterocycles. The van der Waals surface area contributed by atoms with Gasteiger partial charge in [0, 0.05) is 45.2 Å². The number of aryl methyl sites for hydroxylation is 1. The molecule has 280 valence electrons. The highest BCUT2D eigenvalue weighted by Gasteiger charge is 2.37. The maximum absolute atomic E-state index is 13.9. The van der Waals surface area contributed by atoms with E-state index in [9.17, 15) is 44.3 Å². The van der Waals surface area contributed by atoms with Gasteiger partial charge >= 0.3 is 24.5 Å². The van der Waals surface area contributed by atoms with E-state index in [0.717, 1.165) is 18.2 Å². The van der Waals surface area contributed by atoms with Gasteiger partial charge < -0.3 is 24.4 Å². The van der Waals surface area contributed by atoms with Gasteiger partial charge in [0.05, 0.1) is 35.7 Å². The number of aromatic nitrogens is 4. The second kappa shape index (κ2) is 16.3. The maximum Gasteiger partial charge on any atom is 0.416 e. The van der Waals surface area contributed by atoms with E-state index in [1.165, 1.54) is 29.7 Å². The smallest absolute Gasteiger partial charge is 0.416 e. The van der Waals surface area contributed by atoms with Gasteiger partial charge in [-0.1, -0.05) is 0 Å². The lowest BCUT2D eigenvalue weighted by molar-refractivity contribution is -0.143. The molecule has 0 radical (unpaired) electrons. The number of alkyl halides is 9. The molecule has 0 bridgehead atoms. The van der Waals surface area contributed by atoms with Gasteiger partial charge in [0.1, 0.15) is 17.9 Å². The van der Waals surface area contributed by atoms with Crippen LogP contribution in [-0.2, 0) is 36.3 Å². The molecule has 0 fully saturated rings. The Labute approximate surface area is 290 Å². The lowest BCUT2D eigenvalue weighted by Gasteiger charge is -2.25. The molecule has 0 saturated heterocycles. The molecule has 4 aromatic rings. The zero-order valence-corrected chi connectivity index (χ0v) is 27.5. The molecule has 4 rings (SSSR count). The molecular formula is C33H31F9N6O4. The van der Waals surface area contributed by atoms with E-state index in [1.807, 2.05) is 0 Å². The summed E-state index contributed by atoms with van der Waals surface area (Å²) in [6.45, 7) is -0.496. The van der Waals surface area contributed by atoms with E-state index in [1.54, 1.807) is 19.0 Å². The summed E-state index contributed by atoms with van der Waals surface area (Å²) in [4.78, 5) is 30.3. The highest BCUT2D eigenvalue weighted by molar-refractivity contribution is 5.66. The molecule has 0 aliphatic rings. The van der Waals surface area contributed by atoms with Gasteiger partial charge in [-0.2, -0.15) is 39.5 Å². The number of carbonyl (C=O) groups is 1. The lowest BCUT2D eigenvalue weighted by Crippen LogP contribution is -2.27. The predicted octanol–water partition coefficient (Wildman–Crippen LogP) is 8.06. The number of hydrogen-bond donors (Lipinski definition) is 1. The quantitative estimate of drug-likeness (QED) is 0.0947. The second-order valence-corrected chi connectivity index (χ2v) is 11.5. The summed E-state index contributed by atoms with van der Waals surface area (Å²) in [5.74, 6) is -0.577. The summed E-state index contributed by atoms with van der Waals surface area (Å²) in [5, 5.41) is 8.80. The fourth-order valence-electron chi connectivity index (χ4n) is 4.78. The SMILES string of the molecule is CN(C)c1cc(Oc2ccc(C(F)(F)F)cc2CN(CCCc2cc(C(F)(F)F)cc(C(F)(F)F)c2)c2ncc(OCCCC(=O)O)cn2)ncn1. The number of carboxylic acids is 1. The summed E-state index contributed by atoms with van der Waals surface area (Å²) >= 11 is 0. The molecule has 2 heterocycles. The Morgan fingerprint density at radius 3 is 2.00 bits per heavy atom. The van der Waals surface area contributed by atoms with Crippen LogP contribution in [0.25, 0.3) is 0 Å². The van der Waals surface area contributed by atoms with Crippen LogP contribution in [-0.4, -0.2) is 58.3 Å². The number of aliphatic carboxylic acids is 1. The Morgan fingerprint density at radius 1 is 0.788 bits per heavy atom. The first-order valence-electron chi connectivity index (χ1n) is 15.4. The number of rotatable bonds is 15. The number of hydrogen-bond acceptors (Lipinski definition) is 9. The molecule has 2 aromatic heterocycles. The fourth-order valence-corrected chi connectivity index (χ4v) is 4.78. The minimum atomic E-state index is -5.05. The van der Waals surface area contributed by atoms with Gasteiger partial charge in [-0.25, -0.2) is 19.9 Å². The molecule has 0 atom stereocenters. The van der Waals surface area contributed by atoms with Crippen molar-refractivity contribution in [2.75, 3.05) is 37.0 Å². The summed E-state index contributed by atoms with van der Waals surface area (Å²) < 4.78 is 134. The van der Waals surface area contributed by atoms with Crippen molar-refractivity contribution in [1.29, 1.82) is 0 Å².